The Morgan fingerprint density at radius 1 is 1.41 bits per heavy atom. The van der Waals surface area contributed by atoms with Crippen LogP contribution in [-0.2, 0) is 11.2 Å². The molecule has 22 heavy (non-hydrogen) atoms. The zero-order valence-electron chi connectivity index (χ0n) is 12.8. The molecular weight excluding hydrogens is 300 g/mol. The molecule has 6 heteroatoms. The number of hydrogen-bond acceptors (Lipinski definition) is 5. The van der Waals surface area contributed by atoms with Crippen LogP contribution >= 0.6 is 11.3 Å². The van der Waals surface area contributed by atoms with E-state index in [0.29, 0.717) is 12.3 Å². The molecule has 1 heterocycles. The van der Waals surface area contributed by atoms with E-state index in [-0.39, 0.29) is 6.42 Å². The number of carbonyl (C=O) groups excluding carboxylic acids is 1. The van der Waals surface area contributed by atoms with Crippen molar-refractivity contribution < 1.29 is 19.5 Å². The van der Waals surface area contributed by atoms with Crippen molar-refractivity contribution in [1.82, 2.24) is 4.98 Å². The van der Waals surface area contributed by atoms with Gasteiger partial charge in [-0.1, -0.05) is 12.1 Å². The van der Waals surface area contributed by atoms with Gasteiger partial charge in [0.2, 0.25) is 0 Å². The fraction of sp³-hybridized carbons (Fsp3) is 0.375. The van der Waals surface area contributed by atoms with E-state index in [9.17, 15) is 9.90 Å². The molecule has 2 aromatic rings. The second kappa shape index (κ2) is 7.91. The van der Waals surface area contributed by atoms with Crippen LogP contribution in [0.15, 0.2) is 29.6 Å². The van der Waals surface area contributed by atoms with Crippen LogP contribution in [-0.4, -0.2) is 38.2 Å². The first-order chi connectivity index (χ1) is 10.5. The van der Waals surface area contributed by atoms with Gasteiger partial charge in [0.1, 0.15) is 10.8 Å². The molecule has 0 unspecified atom stereocenters. The molecule has 0 spiro atoms. The van der Waals surface area contributed by atoms with E-state index >= 15 is 0 Å². The number of benzene rings is 1. The summed E-state index contributed by atoms with van der Waals surface area (Å²) in [4.78, 5) is 16.3. The molecule has 1 N–H and O–H groups in total. The van der Waals surface area contributed by atoms with Crippen LogP contribution in [0, 0.1) is 0 Å². The number of carbonyl (C=O) groups is 1. The molecule has 0 amide bonds. The minimum absolute atomic E-state index is 0.153. The normalized spacial score (nSPS) is 10.9. The molecule has 0 saturated heterocycles. The first kappa shape index (κ1) is 16.5. The Kier molecular flexibility index (Phi) is 5.91. The number of aromatic nitrogens is 1. The fourth-order valence-electron chi connectivity index (χ4n) is 2.00. The second-order valence-electron chi connectivity index (χ2n) is 5.38. The van der Waals surface area contributed by atoms with Crippen molar-refractivity contribution in [1.29, 1.82) is 0 Å². The van der Waals surface area contributed by atoms with E-state index in [0.717, 1.165) is 29.3 Å². The minimum Gasteiger partial charge on any atom is -0.550 e. The quantitative estimate of drug-likeness (QED) is 0.696. The lowest BCUT2D eigenvalue weighted by Gasteiger charge is -2.09. The summed E-state index contributed by atoms with van der Waals surface area (Å²) in [5.74, 6) is -0.306. The van der Waals surface area contributed by atoms with Crippen LogP contribution in [0.2, 0.25) is 0 Å². The molecule has 118 valence electrons. The molecule has 5 nitrogen and oxygen atoms in total. The Labute approximate surface area is 134 Å². The molecule has 0 fully saturated rings. The van der Waals surface area contributed by atoms with Crippen molar-refractivity contribution in [3.8, 4) is 16.3 Å². The Hall–Kier alpha value is -1.92. The number of nitrogens with one attached hydrogen (secondary N) is 1. The van der Waals surface area contributed by atoms with Crippen molar-refractivity contribution >= 4 is 17.3 Å². The van der Waals surface area contributed by atoms with Crippen LogP contribution in [0.1, 0.15) is 12.1 Å². The van der Waals surface area contributed by atoms with Gasteiger partial charge in [-0.15, -0.1) is 11.3 Å². The summed E-state index contributed by atoms with van der Waals surface area (Å²) >= 11 is 1.42. The average Bonchev–Trinajstić information content (AvgIpc) is 2.91. The zero-order valence-corrected chi connectivity index (χ0v) is 13.6. The Balaban J connectivity index is 1.98. The van der Waals surface area contributed by atoms with Gasteiger partial charge in [-0.25, -0.2) is 4.98 Å². The summed E-state index contributed by atoms with van der Waals surface area (Å²) < 4.78 is 5.75. The smallest absolute Gasteiger partial charge is 0.123 e. The van der Waals surface area contributed by atoms with E-state index in [1.165, 1.54) is 16.2 Å². The maximum Gasteiger partial charge on any atom is 0.123 e. The first-order valence-corrected chi connectivity index (χ1v) is 8.09. The Morgan fingerprint density at radius 2 is 2.23 bits per heavy atom. The summed E-state index contributed by atoms with van der Waals surface area (Å²) in [6.45, 7) is 1.75. The number of nitrogens with zero attached hydrogens (tertiary/aromatic N) is 1. The lowest BCUT2D eigenvalue weighted by Crippen LogP contribution is -3.05. The predicted octanol–water partition coefficient (Wildman–Crippen LogP) is 0.0159. The van der Waals surface area contributed by atoms with Gasteiger partial charge in [-0.2, -0.15) is 0 Å². The SMILES string of the molecule is C[NH+](C)CCCOc1cccc(-c2nc(CC(=O)[O-])cs2)c1. The van der Waals surface area contributed by atoms with Gasteiger partial charge in [-0.05, 0) is 12.1 Å². The van der Waals surface area contributed by atoms with Gasteiger partial charge >= 0.3 is 0 Å². The van der Waals surface area contributed by atoms with Gasteiger partial charge in [0.15, 0.2) is 0 Å². The largest absolute Gasteiger partial charge is 0.550 e. The van der Waals surface area contributed by atoms with E-state index in [4.69, 9.17) is 4.74 Å². The van der Waals surface area contributed by atoms with Crippen LogP contribution < -0.4 is 14.7 Å². The number of thiazole rings is 1. The predicted molar refractivity (Wildman–Crippen MR) is 84.1 cm³/mol. The highest BCUT2D eigenvalue weighted by molar-refractivity contribution is 7.13. The number of aliphatic carboxylic acids is 1. The third-order valence-electron chi connectivity index (χ3n) is 3.05. The van der Waals surface area contributed by atoms with Crippen molar-refractivity contribution in [3.05, 3.63) is 35.3 Å². The maximum absolute atomic E-state index is 10.6. The lowest BCUT2D eigenvalue weighted by molar-refractivity contribution is -0.858. The first-order valence-electron chi connectivity index (χ1n) is 7.21. The molecule has 1 aromatic carbocycles. The molecule has 0 aliphatic rings. The highest BCUT2D eigenvalue weighted by Crippen LogP contribution is 2.27. The minimum atomic E-state index is -1.11. The molecule has 2 rings (SSSR count). The van der Waals surface area contributed by atoms with Crippen molar-refractivity contribution in [2.75, 3.05) is 27.2 Å². The zero-order chi connectivity index (χ0) is 15.9. The molecule has 0 radical (unpaired) electrons. The molecule has 0 aliphatic carbocycles. The summed E-state index contributed by atoms with van der Waals surface area (Å²) in [7, 11) is 4.24. The third-order valence-corrected chi connectivity index (χ3v) is 3.99. The van der Waals surface area contributed by atoms with Crippen LogP contribution in [0.3, 0.4) is 0 Å². The number of carboxylic acids is 1. The highest BCUT2D eigenvalue weighted by atomic mass is 32.1. The maximum atomic E-state index is 10.6. The standard InChI is InChI=1S/C16H20N2O3S/c1-18(2)7-4-8-21-14-6-3-5-12(9-14)16-17-13(11-22-16)10-15(19)20/h3,5-6,9,11H,4,7-8,10H2,1-2H3,(H,19,20). The Morgan fingerprint density at radius 3 is 2.95 bits per heavy atom. The number of quaternary nitrogens is 1. The average molecular weight is 320 g/mol. The topological polar surface area (TPSA) is 66.7 Å². The summed E-state index contributed by atoms with van der Waals surface area (Å²) in [6.07, 6.45) is 0.846. The third kappa shape index (κ3) is 5.13. The molecule has 1 aromatic heterocycles. The number of rotatable bonds is 8. The summed E-state index contributed by atoms with van der Waals surface area (Å²) in [6, 6.07) is 7.71. The Bertz CT molecular complexity index is 625. The van der Waals surface area contributed by atoms with Crippen LogP contribution in [0.5, 0.6) is 5.75 Å². The van der Waals surface area contributed by atoms with E-state index in [1.54, 1.807) is 5.38 Å². The van der Waals surface area contributed by atoms with Gasteiger partial charge in [0.25, 0.3) is 0 Å². The molecule has 0 bridgehead atoms. The number of ether oxygens (including phenoxy) is 1. The van der Waals surface area contributed by atoms with Crippen molar-refractivity contribution in [3.63, 3.8) is 0 Å². The molecule has 0 aliphatic heterocycles. The summed E-state index contributed by atoms with van der Waals surface area (Å²) in [5, 5.41) is 13.1. The van der Waals surface area contributed by atoms with Crippen molar-refractivity contribution in [2.45, 2.75) is 12.8 Å². The lowest BCUT2D eigenvalue weighted by atomic mass is 10.2. The van der Waals surface area contributed by atoms with E-state index in [1.807, 2.05) is 24.3 Å². The molecule has 0 saturated carbocycles. The monoisotopic (exact) mass is 320 g/mol. The highest BCUT2D eigenvalue weighted by Gasteiger charge is 2.06. The summed E-state index contributed by atoms with van der Waals surface area (Å²) in [5.41, 5.74) is 1.46. The van der Waals surface area contributed by atoms with Crippen LogP contribution in [0.4, 0.5) is 0 Å². The number of carboxylic acid groups (broad SMARTS) is 1. The van der Waals surface area contributed by atoms with Gasteiger partial charge in [0.05, 0.1) is 32.9 Å². The molecule has 0 atom stereocenters. The van der Waals surface area contributed by atoms with Gasteiger partial charge < -0.3 is 19.5 Å². The number of hydrogen-bond donors (Lipinski definition) is 1. The van der Waals surface area contributed by atoms with Gasteiger partial charge in [0, 0.05) is 29.8 Å². The fourth-order valence-corrected chi connectivity index (χ4v) is 2.82. The van der Waals surface area contributed by atoms with Gasteiger partial charge in [-0.3, -0.25) is 0 Å². The van der Waals surface area contributed by atoms with Crippen LogP contribution in [0.25, 0.3) is 10.6 Å². The van der Waals surface area contributed by atoms with E-state index in [2.05, 4.69) is 19.1 Å². The second-order valence-corrected chi connectivity index (χ2v) is 6.24. The van der Waals surface area contributed by atoms with Crippen molar-refractivity contribution in [2.24, 2.45) is 0 Å². The molecular formula is C16H20N2O3S. The van der Waals surface area contributed by atoms with E-state index < -0.39 is 5.97 Å².